The van der Waals surface area contributed by atoms with E-state index in [2.05, 4.69) is 11.4 Å². The fourth-order valence-electron chi connectivity index (χ4n) is 3.90. The number of nitrogens with zero attached hydrogens (tertiary/aromatic N) is 3. The van der Waals surface area contributed by atoms with E-state index in [1.807, 2.05) is 0 Å². The Bertz CT molecular complexity index is 1160. The van der Waals surface area contributed by atoms with Gasteiger partial charge in [0.2, 0.25) is 5.91 Å². The van der Waals surface area contributed by atoms with Crippen molar-refractivity contribution in [3.05, 3.63) is 55.4 Å². The second kappa shape index (κ2) is 7.35. The molecule has 1 aromatic carbocycles. The maximum atomic E-state index is 12.8. The van der Waals surface area contributed by atoms with Gasteiger partial charge in [0.1, 0.15) is 22.7 Å². The van der Waals surface area contributed by atoms with Gasteiger partial charge in [0.25, 0.3) is 17.5 Å². The van der Waals surface area contributed by atoms with Crippen LogP contribution in [0.1, 0.15) is 56.5 Å². The van der Waals surface area contributed by atoms with Crippen molar-refractivity contribution in [1.29, 1.82) is 5.26 Å². The average molecular weight is 424 g/mol. The third kappa shape index (κ3) is 2.95. The van der Waals surface area contributed by atoms with E-state index in [0.29, 0.717) is 10.6 Å². The first kappa shape index (κ1) is 19.7. The highest BCUT2D eigenvalue weighted by molar-refractivity contribution is 7.16. The molecule has 0 fully saturated rings. The molecule has 0 saturated carbocycles. The standard InChI is InChI=1S/C20H16N4O5S/c1-10(17(25)22-18-13(9-21)11-5-2-3-8-15(11)30-18)23-19(26)12-6-4-7-14(24(28)29)16(12)20(23)27/h4,6-7,10H,2-3,5,8H2,1H3,(H,22,25). The number of rotatable bonds is 4. The summed E-state index contributed by atoms with van der Waals surface area (Å²) in [5.74, 6) is -2.27. The van der Waals surface area contributed by atoms with Crippen LogP contribution in [0.2, 0.25) is 0 Å². The molecule has 30 heavy (non-hydrogen) atoms. The molecular formula is C20H16N4O5S. The summed E-state index contributed by atoms with van der Waals surface area (Å²) >= 11 is 1.34. The van der Waals surface area contributed by atoms with Gasteiger partial charge in [0.05, 0.1) is 16.1 Å². The molecular weight excluding hydrogens is 408 g/mol. The number of carbonyl (C=O) groups excluding carboxylic acids is 3. The molecule has 152 valence electrons. The normalized spacial score (nSPS) is 15.9. The molecule has 1 atom stereocenters. The first-order valence-electron chi connectivity index (χ1n) is 9.36. The SMILES string of the molecule is CC(C(=O)Nc1sc2c(c1C#N)CCCC2)N1C(=O)c2cccc([N+](=O)[O-])c2C1=O. The first-order chi connectivity index (χ1) is 14.3. The van der Waals surface area contributed by atoms with Gasteiger partial charge in [-0.3, -0.25) is 29.4 Å². The molecule has 0 spiro atoms. The molecule has 1 aliphatic heterocycles. The summed E-state index contributed by atoms with van der Waals surface area (Å²) in [6, 6.07) is 4.74. The fourth-order valence-corrected chi connectivity index (χ4v) is 5.14. The van der Waals surface area contributed by atoms with Crippen LogP contribution >= 0.6 is 11.3 Å². The number of hydrogen-bond acceptors (Lipinski definition) is 7. The average Bonchev–Trinajstić information content (AvgIpc) is 3.21. The predicted octanol–water partition coefficient (Wildman–Crippen LogP) is 3.03. The molecule has 0 radical (unpaired) electrons. The van der Waals surface area contributed by atoms with Gasteiger partial charge in [-0.25, -0.2) is 0 Å². The van der Waals surface area contributed by atoms with Gasteiger partial charge in [-0.05, 0) is 44.2 Å². The highest BCUT2D eigenvalue weighted by Gasteiger charge is 2.45. The Labute approximate surface area is 175 Å². The molecule has 0 saturated heterocycles. The minimum atomic E-state index is -1.21. The molecule has 0 bridgehead atoms. The lowest BCUT2D eigenvalue weighted by atomic mass is 9.96. The minimum absolute atomic E-state index is 0.0989. The van der Waals surface area contributed by atoms with Gasteiger partial charge in [0.15, 0.2) is 0 Å². The van der Waals surface area contributed by atoms with Gasteiger partial charge in [-0.15, -0.1) is 11.3 Å². The van der Waals surface area contributed by atoms with E-state index < -0.39 is 34.4 Å². The first-order valence-corrected chi connectivity index (χ1v) is 10.2. The van der Waals surface area contributed by atoms with E-state index in [1.54, 1.807) is 0 Å². The van der Waals surface area contributed by atoms with Gasteiger partial charge < -0.3 is 5.32 Å². The van der Waals surface area contributed by atoms with Crippen LogP contribution in [0.3, 0.4) is 0 Å². The maximum Gasteiger partial charge on any atom is 0.282 e. The van der Waals surface area contributed by atoms with E-state index in [4.69, 9.17) is 0 Å². The minimum Gasteiger partial charge on any atom is -0.315 e. The molecule has 2 heterocycles. The number of imide groups is 1. The molecule has 3 amide bonds. The molecule has 9 nitrogen and oxygen atoms in total. The topological polar surface area (TPSA) is 133 Å². The van der Waals surface area contributed by atoms with Crippen molar-refractivity contribution >= 4 is 39.7 Å². The lowest BCUT2D eigenvalue weighted by Crippen LogP contribution is -2.45. The van der Waals surface area contributed by atoms with Gasteiger partial charge in [0, 0.05) is 10.9 Å². The maximum absolute atomic E-state index is 12.8. The van der Waals surface area contributed by atoms with Gasteiger partial charge in [-0.2, -0.15) is 5.26 Å². The van der Waals surface area contributed by atoms with Crippen molar-refractivity contribution in [1.82, 2.24) is 4.90 Å². The quantitative estimate of drug-likeness (QED) is 0.456. The highest BCUT2D eigenvalue weighted by Crippen LogP contribution is 2.38. The smallest absolute Gasteiger partial charge is 0.282 e. The lowest BCUT2D eigenvalue weighted by Gasteiger charge is -2.21. The van der Waals surface area contributed by atoms with E-state index in [0.717, 1.165) is 47.1 Å². The summed E-state index contributed by atoms with van der Waals surface area (Å²) in [4.78, 5) is 50.7. The molecule has 1 N–H and O–H groups in total. The van der Waals surface area contributed by atoms with Crippen LogP contribution in [0.5, 0.6) is 0 Å². The van der Waals surface area contributed by atoms with Gasteiger partial charge >= 0.3 is 0 Å². The van der Waals surface area contributed by atoms with Crippen LogP contribution in [-0.4, -0.2) is 33.6 Å². The monoisotopic (exact) mass is 424 g/mol. The summed E-state index contributed by atoms with van der Waals surface area (Å²) < 4.78 is 0. The third-order valence-corrected chi connectivity index (χ3v) is 6.61. The number of nitriles is 1. The van der Waals surface area contributed by atoms with Crippen molar-refractivity contribution < 1.29 is 19.3 Å². The zero-order chi connectivity index (χ0) is 21.6. The van der Waals surface area contributed by atoms with Crippen molar-refractivity contribution in [3.63, 3.8) is 0 Å². The largest absolute Gasteiger partial charge is 0.315 e. The van der Waals surface area contributed by atoms with Crippen molar-refractivity contribution in [3.8, 4) is 6.07 Å². The molecule has 4 rings (SSSR count). The number of amides is 3. The number of carbonyl (C=O) groups is 3. The number of nitrogens with one attached hydrogen (secondary N) is 1. The van der Waals surface area contributed by atoms with Crippen molar-refractivity contribution in [2.75, 3.05) is 5.32 Å². The number of nitro groups is 1. The van der Waals surface area contributed by atoms with Crippen LogP contribution in [0, 0.1) is 21.4 Å². The number of anilines is 1. The number of thiophene rings is 1. The third-order valence-electron chi connectivity index (χ3n) is 5.41. The number of fused-ring (bicyclic) bond motifs is 2. The van der Waals surface area contributed by atoms with E-state index in [9.17, 15) is 29.8 Å². The summed E-state index contributed by atoms with van der Waals surface area (Å²) in [7, 11) is 0. The van der Waals surface area contributed by atoms with E-state index in [-0.39, 0.29) is 11.1 Å². The van der Waals surface area contributed by atoms with Crippen molar-refractivity contribution in [2.24, 2.45) is 0 Å². The Morgan fingerprint density at radius 3 is 2.73 bits per heavy atom. The molecule has 10 heteroatoms. The lowest BCUT2D eigenvalue weighted by molar-refractivity contribution is -0.385. The fraction of sp³-hybridized carbons (Fsp3) is 0.300. The van der Waals surface area contributed by atoms with Crippen LogP contribution in [0.25, 0.3) is 0 Å². The summed E-state index contributed by atoms with van der Waals surface area (Å²) in [5, 5.41) is 23.9. The second-order valence-electron chi connectivity index (χ2n) is 7.13. The zero-order valence-corrected chi connectivity index (χ0v) is 16.7. The number of benzene rings is 1. The molecule has 2 aromatic rings. The van der Waals surface area contributed by atoms with E-state index >= 15 is 0 Å². The van der Waals surface area contributed by atoms with Crippen LogP contribution in [-0.2, 0) is 17.6 Å². The number of nitro benzene ring substituents is 1. The molecule has 1 unspecified atom stereocenters. The Morgan fingerprint density at radius 1 is 1.30 bits per heavy atom. The Morgan fingerprint density at radius 2 is 2.03 bits per heavy atom. The Hall–Kier alpha value is -3.58. The molecule has 2 aliphatic rings. The highest BCUT2D eigenvalue weighted by atomic mass is 32.1. The predicted molar refractivity (Wildman–Crippen MR) is 107 cm³/mol. The van der Waals surface area contributed by atoms with Crippen LogP contribution in [0.4, 0.5) is 10.7 Å². The Kier molecular flexibility index (Phi) is 4.83. The van der Waals surface area contributed by atoms with E-state index in [1.165, 1.54) is 30.4 Å². The second-order valence-corrected chi connectivity index (χ2v) is 8.23. The zero-order valence-electron chi connectivity index (χ0n) is 15.9. The van der Waals surface area contributed by atoms with Crippen LogP contribution < -0.4 is 5.32 Å². The summed E-state index contributed by atoms with van der Waals surface area (Å²) in [6.07, 6.45) is 3.64. The number of aryl methyl sites for hydroxylation is 1. The van der Waals surface area contributed by atoms with Crippen LogP contribution in [0.15, 0.2) is 18.2 Å². The summed E-state index contributed by atoms with van der Waals surface area (Å²) in [6.45, 7) is 1.38. The number of hydrogen-bond donors (Lipinski definition) is 1. The Balaban J connectivity index is 1.62. The molecule has 1 aromatic heterocycles. The summed E-state index contributed by atoms with van der Waals surface area (Å²) in [5.41, 5.74) is 0.495. The van der Waals surface area contributed by atoms with Gasteiger partial charge in [-0.1, -0.05) is 6.07 Å². The molecule has 1 aliphatic carbocycles. The van der Waals surface area contributed by atoms with Crippen molar-refractivity contribution in [2.45, 2.75) is 38.6 Å².